The van der Waals surface area contributed by atoms with Gasteiger partial charge in [-0.25, -0.2) is 14.4 Å². The van der Waals surface area contributed by atoms with Gasteiger partial charge in [0, 0.05) is 23.7 Å². The minimum absolute atomic E-state index is 0.344. The predicted molar refractivity (Wildman–Crippen MR) is 123 cm³/mol. The Morgan fingerprint density at radius 2 is 1.94 bits per heavy atom. The Morgan fingerprint density at radius 1 is 1.10 bits per heavy atom. The van der Waals surface area contributed by atoms with E-state index >= 15 is 0 Å². The molecule has 158 valence electrons. The van der Waals surface area contributed by atoms with Crippen molar-refractivity contribution >= 4 is 28.3 Å². The number of hydrogen-bond acceptors (Lipinski definition) is 4. The minimum Gasteiger partial charge on any atom is -0.370 e. The van der Waals surface area contributed by atoms with Crippen molar-refractivity contribution in [2.45, 2.75) is 26.2 Å². The molecular formula is C24H23ClFN5. The molecule has 1 aliphatic heterocycles. The van der Waals surface area contributed by atoms with Crippen molar-refractivity contribution in [3.8, 4) is 22.6 Å². The van der Waals surface area contributed by atoms with E-state index in [1.165, 1.54) is 31.4 Å². The third kappa shape index (κ3) is 3.88. The molecule has 1 N–H and O–H groups in total. The normalized spacial score (nSPS) is 15.0. The molecule has 0 bridgehead atoms. The van der Waals surface area contributed by atoms with Crippen molar-refractivity contribution in [3.63, 3.8) is 0 Å². The summed E-state index contributed by atoms with van der Waals surface area (Å²) in [4.78, 5) is 19.3. The van der Waals surface area contributed by atoms with Gasteiger partial charge in [0.2, 0.25) is 0 Å². The fourth-order valence-electron chi connectivity index (χ4n) is 4.28. The van der Waals surface area contributed by atoms with E-state index in [4.69, 9.17) is 16.6 Å². The Bertz CT molecular complexity index is 1230. The summed E-state index contributed by atoms with van der Waals surface area (Å²) in [6, 6.07) is 10.4. The fraction of sp³-hybridized carbons (Fsp3) is 0.292. The summed E-state index contributed by atoms with van der Waals surface area (Å²) >= 11 is 6.09. The Morgan fingerprint density at radius 3 is 2.74 bits per heavy atom. The monoisotopic (exact) mass is 435 g/mol. The van der Waals surface area contributed by atoms with Gasteiger partial charge in [0.05, 0.1) is 40.6 Å². The number of rotatable bonds is 4. The number of imidazole rings is 1. The predicted octanol–water partition coefficient (Wildman–Crippen LogP) is 6.11. The number of aromatic nitrogens is 4. The summed E-state index contributed by atoms with van der Waals surface area (Å²) in [6.07, 6.45) is 7.15. The van der Waals surface area contributed by atoms with Crippen molar-refractivity contribution in [2.24, 2.45) is 5.92 Å². The van der Waals surface area contributed by atoms with Crippen molar-refractivity contribution in [3.05, 3.63) is 59.8 Å². The van der Waals surface area contributed by atoms with E-state index in [2.05, 4.69) is 32.8 Å². The van der Waals surface area contributed by atoms with Crippen LogP contribution in [0, 0.1) is 11.7 Å². The summed E-state index contributed by atoms with van der Waals surface area (Å²) in [5, 5.41) is 0.456. The minimum atomic E-state index is -0.377. The van der Waals surface area contributed by atoms with E-state index in [0.29, 0.717) is 27.7 Å². The second-order valence-corrected chi connectivity index (χ2v) is 8.45. The number of H-pyrrole nitrogens is 1. The molecule has 4 aromatic rings. The van der Waals surface area contributed by atoms with Crippen LogP contribution >= 0.6 is 11.6 Å². The van der Waals surface area contributed by atoms with Crippen LogP contribution in [0.25, 0.3) is 33.7 Å². The molecule has 0 aliphatic carbocycles. The van der Waals surface area contributed by atoms with E-state index in [1.54, 1.807) is 12.4 Å². The summed E-state index contributed by atoms with van der Waals surface area (Å²) in [5.41, 5.74) is 4.89. The summed E-state index contributed by atoms with van der Waals surface area (Å²) in [6.45, 7) is 4.36. The molecule has 0 saturated carbocycles. The van der Waals surface area contributed by atoms with E-state index in [1.807, 2.05) is 18.3 Å². The van der Waals surface area contributed by atoms with Crippen LogP contribution in [-0.4, -0.2) is 33.0 Å². The maximum atomic E-state index is 14.4. The topological polar surface area (TPSA) is 57.7 Å². The van der Waals surface area contributed by atoms with Crippen molar-refractivity contribution in [2.75, 3.05) is 18.0 Å². The molecule has 3 aromatic heterocycles. The number of anilines is 1. The van der Waals surface area contributed by atoms with Crippen molar-refractivity contribution in [1.82, 2.24) is 19.9 Å². The quantitative estimate of drug-likeness (QED) is 0.420. The lowest BCUT2D eigenvalue weighted by atomic mass is 9.94. The van der Waals surface area contributed by atoms with Crippen LogP contribution in [0.5, 0.6) is 0 Å². The molecule has 7 heteroatoms. The van der Waals surface area contributed by atoms with Crippen LogP contribution < -0.4 is 4.90 Å². The highest BCUT2D eigenvalue weighted by Crippen LogP contribution is 2.33. The number of piperidine rings is 1. The lowest BCUT2D eigenvalue weighted by Gasteiger charge is -2.33. The zero-order valence-electron chi connectivity index (χ0n) is 17.3. The molecule has 5 rings (SSSR count). The third-order valence-corrected chi connectivity index (χ3v) is 6.39. The van der Waals surface area contributed by atoms with Gasteiger partial charge in [0.1, 0.15) is 11.5 Å². The van der Waals surface area contributed by atoms with Gasteiger partial charge in [-0.2, -0.15) is 0 Å². The van der Waals surface area contributed by atoms with Crippen LogP contribution in [0.3, 0.4) is 0 Å². The zero-order chi connectivity index (χ0) is 21.4. The van der Waals surface area contributed by atoms with Crippen LogP contribution in [0.4, 0.5) is 10.1 Å². The molecule has 0 spiro atoms. The van der Waals surface area contributed by atoms with Crippen LogP contribution in [0.15, 0.2) is 48.9 Å². The average Bonchev–Trinajstić information content (AvgIpc) is 3.29. The van der Waals surface area contributed by atoms with Gasteiger partial charge in [-0.1, -0.05) is 24.9 Å². The van der Waals surface area contributed by atoms with E-state index in [0.717, 1.165) is 35.7 Å². The number of nitrogens with zero attached hydrogens (tertiary/aromatic N) is 4. The van der Waals surface area contributed by atoms with Gasteiger partial charge in [0.25, 0.3) is 0 Å². The molecule has 4 heterocycles. The van der Waals surface area contributed by atoms with Crippen LogP contribution in [0.2, 0.25) is 5.02 Å². The first kappa shape index (κ1) is 19.9. The van der Waals surface area contributed by atoms with Gasteiger partial charge >= 0.3 is 0 Å². The van der Waals surface area contributed by atoms with E-state index in [-0.39, 0.29) is 5.82 Å². The Balaban J connectivity index is 1.51. The SMILES string of the molecule is CCC1CCN(c2cnc3ccc(-c4[nH]cnc4-c4cc(Cl)ccc4F)nc3c2)CC1. The second-order valence-electron chi connectivity index (χ2n) is 8.02. The summed E-state index contributed by atoms with van der Waals surface area (Å²) in [5.74, 6) is 0.443. The van der Waals surface area contributed by atoms with E-state index < -0.39 is 0 Å². The first-order chi connectivity index (χ1) is 15.1. The number of benzene rings is 1. The van der Waals surface area contributed by atoms with Gasteiger partial charge < -0.3 is 9.88 Å². The number of pyridine rings is 2. The van der Waals surface area contributed by atoms with Crippen molar-refractivity contribution < 1.29 is 4.39 Å². The Hall–Kier alpha value is -2.99. The van der Waals surface area contributed by atoms with E-state index in [9.17, 15) is 4.39 Å². The van der Waals surface area contributed by atoms with Gasteiger partial charge in [-0.05, 0) is 55.2 Å². The number of hydrogen-bond donors (Lipinski definition) is 1. The third-order valence-electron chi connectivity index (χ3n) is 6.16. The Kier molecular flexibility index (Phi) is 5.32. The molecule has 1 fully saturated rings. The zero-order valence-corrected chi connectivity index (χ0v) is 18.0. The van der Waals surface area contributed by atoms with Gasteiger partial charge in [-0.15, -0.1) is 0 Å². The second kappa shape index (κ2) is 8.27. The largest absolute Gasteiger partial charge is 0.370 e. The van der Waals surface area contributed by atoms with Crippen molar-refractivity contribution in [1.29, 1.82) is 0 Å². The average molecular weight is 436 g/mol. The first-order valence-corrected chi connectivity index (χ1v) is 11.0. The van der Waals surface area contributed by atoms with Gasteiger partial charge in [0.15, 0.2) is 0 Å². The first-order valence-electron chi connectivity index (χ1n) is 10.6. The standard InChI is InChI=1S/C24H23ClFN5/c1-2-15-7-9-31(10-8-15)17-12-22-20(27-13-17)5-6-21(30-22)24-23(28-14-29-24)18-11-16(25)3-4-19(18)26/h3-6,11-15H,2,7-10H2,1H3,(H,28,29). The van der Waals surface area contributed by atoms with Crippen LogP contribution in [-0.2, 0) is 0 Å². The molecule has 0 amide bonds. The fourth-order valence-corrected chi connectivity index (χ4v) is 4.45. The number of aromatic amines is 1. The lowest BCUT2D eigenvalue weighted by molar-refractivity contribution is 0.395. The van der Waals surface area contributed by atoms with Gasteiger partial charge in [-0.3, -0.25) is 4.98 Å². The smallest absolute Gasteiger partial charge is 0.132 e. The summed E-state index contributed by atoms with van der Waals surface area (Å²) in [7, 11) is 0. The molecule has 0 unspecified atom stereocenters. The Labute approximate surface area is 185 Å². The summed E-state index contributed by atoms with van der Waals surface area (Å²) < 4.78 is 14.4. The number of fused-ring (bicyclic) bond motifs is 1. The molecule has 31 heavy (non-hydrogen) atoms. The highest BCUT2D eigenvalue weighted by atomic mass is 35.5. The molecule has 1 aromatic carbocycles. The maximum absolute atomic E-state index is 14.4. The number of nitrogens with one attached hydrogen (secondary N) is 1. The number of halogens is 2. The molecule has 5 nitrogen and oxygen atoms in total. The lowest BCUT2D eigenvalue weighted by Crippen LogP contribution is -2.33. The highest BCUT2D eigenvalue weighted by Gasteiger charge is 2.19. The molecule has 0 radical (unpaired) electrons. The molecule has 1 aliphatic rings. The molecule has 1 saturated heterocycles. The molecular weight excluding hydrogens is 413 g/mol. The maximum Gasteiger partial charge on any atom is 0.132 e. The van der Waals surface area contributed by atoms with Crippen LogP contribution in [0.1, 0.15) is 26.2 Å². The molecule has 0 atom stereocenters. The highest BCUT2D eigenvalue weighted by molar-refractivity contribution is 6.30.